The number of rotatable bonds is 3. The zero-order chi connectivity index (χ0) is 12.3. The average Bonchev–Trinajstić information content (AvgIpc) is 2.84. The highest BCUT2D eigenvalue weighted by Crippen LogP contribution is 2.31. The van der Waals surface area contributed by atoms with Crippen LogP contribution in [0.25, 0.3) is 0 Å². The van der Waals surface area contributed by atoms with Crippen LogP contribution in [0.1, 0.15) is 43.2 Å². The number of nitrogens with one attached hydrogen (secondary N) is 2. The first-order valence-corrected chi connectivity index (χ1v) is 5.95. The first-order chi connectivity index (χ1) is 8.09. The van der Waals surface area contributed by atoms with Crippen molar-refractivity contribution >= 4 is 5.91 Å². The molecule has 1 aliphatic rings. The molecule has 0 aromatic carbocycles. The highest BCUT2D eigenvalue weighted by Gasteiger charge is 2.32. The van der Waals surface area contributed by atoms with Gasteiger partial charge in [-0.05, 0) is 31.6 Å². The summed E-state index contributed by atoms with van der Waals surface area (Å²) in [4.78, 5) is 15.4. The zero-order valence-corrected chi connectivity index (χ0v) is 9.94. The van der Waals surface area contributed by atoms with E-state index >= 15 is 0 Å². The van der Waals surface area contributed by atoms with Gasteiger partial charge in [0.25, 0.3) is 5.91 Å². The summed E-state index contributed by atoms with van der Waals surface area (Å²) in [5.74, 6) is 0.521. The molecule has 6 heteroatoms. The Morgan fingerprint density at radius 2 is 2.35 bits per heavy atom. The summed E-state index contributed by atoms with van der Waals surface area (Å²) < 4.78 is 0. The van der Waals surface area contributed by atoms with Crippen LogP contribution in [0.2, 0.25) is 0 Å². The highest BCUT2D eigenvalue weighted by molar-refractivity contribution is 5.90. The van der Waals surface area contributed by atoms with Gasteiger partial charge in [0.05, 0.1) is 5.60 Å². The zero-order valence-electron chi connectivity index (χ0n) is 9.94. The molecule has 1 aliphatic carbocycles. The minimum Gasteiger partial charge on any atom is -0.388 e. The molecule has 0 aliphatic heterocycles. The van der Waals surface area contributed by atoms with Crippen LogP contribution < -0.4 is 5.32 Å². The molecule has 94 valence electrons. The van der Waals surface area contributed by atoms with Crippen molar-refractivity contribution in [3.63, 3.8) is 0 Å². The van der Waals surface area contributed by atoms with Crippen LogP contribution in [-0.4, -0.2) is 38.3 Å². The summed E-state index contributed by atoms with van der Waals surface area (Å²) in [6.45, 7) is 2.46. The lowest BCUT2D eigenvalue weighted by Crippen LogP contribution is -2.45. The van der Waals surface area contributed by atoms with E-state index in [0.29, 0.717) is 5.92 Å². The van der Waals surface area contributed by atoms with Gasteiger partial charge >= 0.3 is 0 Å². The fraction of sp³-hybridized carbons (Fsp3) is 0.727. The van der Waals surface area contributed by atoms with Crippen molar-refractivity contribution < 1.29 is 9.90 Å². The normalized spacial score (nSPS) is 28.9. The molecule has 1 heterocycles. The molecule has 1 saturated carbocycles. The summed E-state index contributed by atoms with van der Waals surface area (Å²) in [6.07, 6.45) is 4.78. The molecule has 1 aromatic rings. The summed E-state index contributed by atoms with van der Waals surface area (Å²) in [7, 11) is 0. The minimum atomic E-state index is -0.762. The second-order valence-electron chi connectivity index (χ2n) is 4.92. The largest absolute Gasteiger partial charge is 0.388 e. The van der Waals surface area contributed by atoms with E-state index in [1.165, 1.54) is 6.33 Å². The predicted molar refractivity (Wildman–Crippen MR) is 61.3 cm³/mol. The Labute approximate surface area is 99.8 Å². The van der Waals surface area contributed by atoms with Crippen LogP contribution >= 0.6 is 0 Å². The van der Waals surface area contributed by atoms with Gasteiger partial charge in [0.1, 0.15) is 6.33 Å². The van der Waals surface area contributed by atoms with Gasteiger partial charge in [0, 0.05) is 6.54 Å². The van der Waals surface area contributed by atoms with Crippen LogP contribution in [0.15, 0.2) is 6.33 Å². The third-order valence-corrected chi connectivity index (χ3v) is 3.41. The van der Waals surface area contributed by atoms with Gasteiger partial charge in [-0.3, -0.25) is 9.89 Å². The highest BCUT2D eigenvalue weighted by atomic mass is 16.3. The second-order valence-corrected chi connectivity index (χ2v) is 4.92. The predicted octanol–water partition coefficient (Wildman–Crippen LogP) is 0.476. The van der Waals surface area contributed by atoms with Gasteiger partial charge in [-0.25, -0.2) is 4.98 Å². The number of H-pyrrole nitrogens is 1. The lowest BCUT2D eigenvalue weighted by atomic mass is 9.79. The van der Waals surface area contributed by atoms with E-state index in [1.807, 2.05) is 0 Å². The molecular formula is C11H18N4O2. The third-order valence-electron chi connectivity index (χ3n) is 3.41. The number of aromatic nitrogens is 3. The quantitative estimate of drug-likeness (QED) is 0.714. The maximum atomic E-state index is 11.6. The Balaban J connectivity index is 1.83. The second kappa shape index (κ2) is 4.83. The van der Waals surface area contributed by atoms with Gasteiger partial charge in [0.2, 0.25) is 5.82 Å². The maximum absolute atomic E-state index is 11.6. The third kappa shape index (κ3) is 3.03. The minimum absolute atomic E-state index is 0.178. The average molecular weight is 238 g/mol. The Bertz CT molecular complexity index is 369. The van der Waals surface area contributed by atoms with Crippen molar-refractivity contribution in [3.05, 3.63) is 12.2 Å². The van der Waals surface area contributed by atoms with Gasteiger partial charge < -0.3 is 10.4 Å². The topological polar surface area (TPSA) is 90.9 Å². The van der Waals surface area contributed by atoms with Gasteiger partial charge in [0.15, 0.2) is 0 Å². The summed E-state index contributed by atoms with van der Waals surface area (Å²) in [6, 6.07) is 0. The van der Waals surface area contributed by atoms with Crippen molar-refractivity contribution in [2.45, 2.75) is 38.2 Å². The van der Waals surface area contributed by atoms with E-state index < -0.39 is 5.60 Å². The molecule has 1 amide bonds. The fourth-order valence-corrected chi connectivity index (χ4v) is 2.12. The molecular weight excluding hydrogens is 220 g/mol. The van der Waals surface area contributed by atoms with Crippen LogP contribution in [0, 0.1) is 5.92 Å². The number of carbonyl (C=O) groups excluding carboxylic acids is 1. The number of hydrogen-bond donors (Lipinski definition) is 3. The number of nitrogens with zero attached hydrogens (tertiary/aromatic N) is 2. The Hall–Kier alpha value is -1.43. The lowest BCUT2D eigenvalue weighted by molar-refractivity contribution is -0.00547. The van der Waals surface area contributed by atoms with Crippen molar-refractivity contribution in [2.24, 2.45) is 5.92 Å². The molecule has 1 fully saturated rings. The van der Waals surface area contributed by atoms with Gasteiger partial charge in [-0.1, -0.05) is 6.92 Å². The van der Waals surface area contributed by atoms with E-state index in [9.17, 15) is 9.90 Å². The molecule has 3 N–H and O–H groups in total. The lowest BCUT2D eigenvalue weighted by Gasteiger charge is -2.34. The number of aromatic amines is 1. The number of carbonyl (C=O) groups is 1. The Morgan fingerprint density at radius 3 is 2.94 bits per heavy atom. The smallest absolute Gasteiger partial charge is 0.288 e. The van der Waals surface area contributed by atoms with Crippen LogP contribution in [0.5, 0.6) is 0 Å². The van der Waals surface area contributed by atoms with E-state index in [0.717, 1.165) is 25.7 Å². The van der Waals surface area contributed by atoms with Crippen molar-refractivity contribution in [3.8, 4) is 0 Å². The molecule has 0 bridgehead atoms. The van der Waals surface area contributed by atoms with Gasteiger partial charge in [-0.2, -0.15) is 5.10 Å². The molecule has 0 atom stereocenters. The van der Waals surface area contributed by atoms with Crippen LogP contribution in [0.4, 0.5) is 0 Å². The first-order valence-electron chi connectivity index (χ1n) is 5.95. The number of amides is 1. The molecule has 2 rings (SSSR count). The molecule has 0 unspecified atom stereocenters. The van der Waals surface area contributed by atoms with E-state index in [1.54, 1.807) is 0 Å². The summed E-state index contributed by atoms with van der Waals surface area (Å²) in [5.41, 5.74) is -0.762. The number of aliphatic hydroxyl groups is 1. The Kier molecular flexibility index (Phi) is 3.42. The molecule has 0 spiro atoms. The first kappa shape index (κ1) is 12.0. The molecule has 1 aromatic heterocycles. The van der Waals surface area contributed by atoms with E-state index in [-0.39, 0.29) is 18.3 Å². The Morgan fingerprint density at radius 1 is 1.65 bits per heavy atom. The summed E-state index contributed by atoms with van der Waals surface area (Å²) >= 11 is 0. The van der Waals surface area contributed by atoms with Crippen LogP contribution in [-0.2, 0) is 0 Å². The number of hydrogen-bond acceptors (Lipinski definition) is 4. The maximum Gasteiger partial charge on any atom is 0.288 e. The van der Waals surface area contributed by atoms with Crippen LogP contribution in [0.3, 0.4) is 0 Å². The molecule has 0 saturated heterocycles. The molecule has 6 nitrogen and oxygen atoms in total. The monoisotopic (exact) mass is 238 g/mol. The van der Waals surface area contributed by atoms with Crippen molar-refractivity contribution in [1.82, 2.24) is 20.5 Å². The fourth-order valence-electron chi connectivity index (χ4n) is 2.12. The van der Waals surface area contributed by atoms with Gasteiger partial charge in [-0.15, -0.1) is 0 Å². The van der Waals surface area contributed by atoms with Crippen molar-refractivity contribution in [2.75, 3.05) is 6.54 Å². The standard InChI is InChI=1S/C11H18N4O2/c1-8-2-4-11(17,5-3-8)6-12-10(16)9-13-7-14-15-9/h7-8,17H,2-6H2,1H3,(H,12,16)(H,13,14,15). The van der Waals surface area contributed by atoms with Crippen molar-refractivity contribution in [1.29, 1.82) is 0 Å². The molecule has 17 heavy (non-hydrogen) atoms. The SMILES string of the molecule is CC1CCC(O)(CNC(=O)c2ncn[nH]2)CC1. The molecule has 0 radical (unpaired) electrons. The van der Waals surface area contributed by atoms with E-state index in [2.05, 4.69) is 27.4 Å². The summed E-state index contributed by atoms with van der Waals surface area (Å²) in [5, 5.41) is 19.1. The van der Waals surface area contributed by atoms with E-state index in [4.69, 9.17) is 0 Å².